The van der Waals surface area contributed by atoms with E-state index in [2.05, 4.69) is 5.32 Å². The molecule has 0 spiro atoms. The molecule has 0 atom stereocenters. The van der Waals surface area contributed by atoms with Crippen molar-refractivity contribution in [3.8, 4) is 0 Å². The zero-order valence-corrected chi connectivity index (χ0v) is 7.93. The molecule has 0 aliphatic heterocycles. The highest BCUT2D eigenvalue weighted by atomic mass is 19.4. The van der Waals surface area contributed by atoms with Gasteiger partial charge in [-0.2, -0.15) is 13.2 Å². The molecule has 80 valence electrons. The molecule has 0 saturated heterocycles. The highest BCUT2D eigenvalue weighted by Gasteiger charge is 2.26. The van der Waals surface area contributed by atoms with E-state index < -0.39 is 12.6 Å². The third kappa shape index (κ3) is 3.83. The molecule has 0 aromatic carbocycles. The molecule has 1 aromatic heterocycles. The molecule has 0 radical (unpaired) electrons. The van der Waals surface area contributed by atoms with Crippen molar-refractivity contribution in [3.05, 3.63) is 24.0 Å². The minimum absolute atomic E-state index is 0.00673. The Morgan fingerprint density at radius 1 is 1.43 bits per heavy atom. The van der Waals surface area contributed by atoms with E-state index in [9.17, 15) is 13.2 Å². The number of aromatic nitrogens is 1. The van der Waals surface area contributed by atoms with Crippen molar-refractivity contribution in [2.45, 2.75) is 25.7 Å². The van der Waals surface area contributed by atoms with Crippen LogP contribution in [0.3, 0.4) is 0 Å². The number of halogens is 3. The van der Waals surface area contributed by atoms with Crippen LogP contribution in [0.4, 0.5) is 13.2 Å². The third-order valence-corrected chi connectivity index (χ3v) is 1.85. The fourth-order valence-corrected chi connectivity index (χ4v) is 1.19. The average molecular weight is 206 g/mol. The van der Waals surface area contributed by atoms with E-state index in [1.165, 1.54) is 0 Å². The van der Waals surface area contributed by atoms with Gasteiger partial charge in [0.05, 0.1) is 6.42 Å². The first-order chi connectivity index (χ1) is 6.51. The van der Waals surface area contributed by atoms with Crippen LogP contribution < -0.4 is 5.32 Å². The van der Waals surface area contributed by atoms with E-state index in [-0.39, 0.29) is 6.54 Å². The first-order valence-electron chi connectivity index (χ1n) is 4.37. The Bertz CT molecular complexity index is 278. The van der Waals surface area contributed by atoms with Crippen molar-refractivity contribution in [2.24, 2.45) is 0 Å². The van der Waals surface area contributed by atoms with Gasteiger partial charge in [-0.1, -0.05) is 0 Å². The molecule has 1 rings (SSSR count). The van der Waals surface area contributed by atoms with E-state index in [1.807, 2.05) is 6.07 Å². The van der Waals surface area contributed by atoms with Gasteiger partial charge in [0, 0.05) is 25.5 Å². The summed E-state index contributed by atoms with van der Waals surface area (Å²) >= 11 is 0. The maximum absolute atomic E-state index is 11.9. The molecule has 14 heavy (non-hydrogen) atoms. The summed E-state index contributed by atoms with van der Waals surface area (Å²) in [6, 6.07) is 1.81. The number of alkyl halides is 3. The summed E-state index contributed by atoms with van der Waals surface area (Å²) in [7, 11) is 1.80. The molecule has 5 heteroatoms. The minimum atomic E-state index is -4.08. The molecule has 0 unspecified atom stereocenters. The normalized spacial score (nSPS) is 12.0. The van der Waals surface area contributed by atoms with Crippen molar-refractivity contribution in [1.29, 1.82) is 0 Å². The Morgan fingerprint density at radius 2 is 2.14 bits per heavy atom. The molecule has 2 nitrogen and oxygen atoms in total. The van der Waals surface area contributed by atoms with E-state index in [4.69, 9.17) is 0 Å². The summed E-state index contributed by atoms with van der Waals surface area (Å²) in [5, 5.41) is 2.93. The van der Waals surface area contributed by atoms with Crippen molar-refractivity contribution >= 4 is 0 Å². The number of nitrogens with one attached hydrogen (secondary N) is 1. The second-order valence-corrected chi connectivity index (χ2v) is 3.15. The second kappa shape index (κ2) is 4.50. The molecular weight excluding hydrogens is 193 g/mol. The lowest BCUT2D eigenvalue weighted by molar-refractivity contribution is -0.136. The van der Waals surface area contributed by atoms with E-state index in [0.717, 1.165) is 5.56 Å². The average Bonchev–Trinajstić information content (AvgIpc) is 2.49. The smallest absolute Gasteiger partial charge is 0.354 e. The quantitative estimate of drug-likeness (QED) is 0.798. The molecular formula is C9H13F3N2. The van der Waals surface area contributed by atoms with Crippen LogP contribution in [0.15, 0.2) is 18.5 Å². The van der Waals surface area contributed by atoms with Crippen LogP contribution in [0.25, 0.3) is 0 Å². The highest BCUT2D eigenvalue weighted by molar-refractivity contribution is 5.09. The predicted molar refractivity (Wildman–Crippen MR) is 47.9 cm³/mol. The van der Waals surface area contributed by atoms with Gasteiger partial charge in [-0.3, -0.25) is 0 Å². The molecule has 0 fully saturated rings. The van der Waals surface area contributed by atoms with E-state index >= 15 is 0 Å². The van der Waals surface area contributed by atoms with Crippen LogP contribution in [0.1, 0.15) is 12.0 Å². The second-order valence-electron chi connectivity index (χ2n) is 3.15. The molecule has 0 bridgehead atoms. The summed E-state index contributed by atoms with van der Waals surface area (Å²) in [4.78, 5) is 0. The van der Waals surface area contributed by atoms with Gasteiger partial charge in [0.2, 0.25) is 0 Å². The van der Waals surface area contributed by atoms with Crippen LogP contribution >= 0.6 is 0 Å². The zero-order valence-electron chi connectivity index (χ0n) is 7.93. The van der Waals surface area contributed by atoms with Gasteiger partial charge in [-0.25, -0.2) is 0 Å². The fraction of sp³-hybridized carbons (Fsp3) is 0.556. The lowest BCUT2D eigenvalue weighted by atomic mass is 10.3. The van der Waals surface area contributed by atoms with Crippen LogP contribution in [0.2, 0.25) is 0 Å². The summed E-state index contributed by atoms with van der Waals surface area (Å²) in [5.41, 5.74) is 0.995. The van der Waals surface area contributed by atoms with Crippen molar-refractivity contribution in [3.63, 3.8) is 0 Å². The van der Waals surface area contributed by atoms with Crippen LogP contribution in [0, 0.1) is 0 Å². The van der Waals surface area contributed by atoms with E-state index in [1.54, 1.807) is 24.0 Å². The first-order valence-corrected chi connectivity index (χ1v) is 4.37. The van der Waals surface area contributed by atoms with Crippen LogP contribution in [0.5, 0.6) is 0 Å². The van der Waals surface area contributed by atoms with Gasteiger partial charge in [-0.05, 0) is 18.7 Å². The largest absolute Gasteiger partial charge is 0.390 e. The van der Waals surface area contributed by atoms with Crippen molar-refractivity contribution in [1.82, 2.24) is 9.88 Å². The van der Waals surface area contributed by atoms with Gasteiger partial charge in [0.25, 0.3) is 0 Å². The van der Waals surface area contributed by atoms with Crippen LogP contribution in [-0.4, -0.2) is 17.8 Å². The van der Waals surface area contributed by atoms with Crippen molar-refractivity contribution < 1.29 is 13.2 Å². The molecule has 0 aliphatic rings. The van der Waals surface area contributed by atoms with Crippen LogP contribution in [-0.2, 0) is 13.1 Å². The number of rotatable bonds is 4. The molecule has 0 saturated carbocycles. The van der Waals surface area contributed by atoms with Gasteiger partial charge in [0.1, 0.15) is 0 Å². The lowest BCUT2D eigenvalue weighted by Crippen LogP contribution is -2.11. The Kier molecular flexibility index (Phi) is 3.57. The number of hydrogen-bond donors (Lipinski definition) is 1. The maximum atomic E-state index is 11.9. The standard InChI is InChI=1S/C9H13F3N2/c1-13-6-8-2-4-14(7-8)5-3-9(10,11)12/h2,4,7,13H,3,5-6H2,1H3. The van der Waals surface area contributed by atoms with Gasteiger partial charge in [0.15, 0.2) is 0 Å². The Labute approximate surface area is 80.7 Å². The number of aryl methyl sites for hydroxylation is 1. The third-order valence-electron chi connectivity index (χ3n) is 1.85. The van der Waals surface area contributed by atoms with Gasteiger partial charge < -0.3 is 9.88 Å². The fourth-order valence-electron chi connectivity index (χ4n) is 1.19. The summed E-state index contributed by atoms with van der Waals surface area (Å²) in [5.74, 6) is 0. The van der Waals surface area contributed by atoms with E-state index in [0.29, 0.717) is 6.54 Å². The van der Waals surface area contributed by atoms with Gasteiger partial charge in [-0.15, -0.1) is 0 Å². The van der Waals surface area contributed by atoms with Crippen molar-refractivity contribution in [2.75, 3.05) is 7.05 Å². The number of nitrogens with zero attached hydrogens (tertiary/aromatic N) is 1. The highest BCUT2D eigenvalue weighted by Crippen LogP contribution is 2.20. The Morgan fingerprint density at radius 3 is 2.71 bits per heavy atom. The number of hydrogen-bond acceptors (Lipinski definition) is 1. The first kappa shape index (κ1) is 11.1. The minimum Gasteiger partial charge on any atom is -0.354 e. The summed E-state index contributed by atoms with van der Waals surface area (Å²) < 4.78 is 37.2. The monoisotopic (exact) mass is 206 g/mol. The predicted octanol–water partition coefficient (Wildman–Crippen LogP) is 2.16. The lowest BCUT2D eigenvalue weighted by Gasteiger charge is -2.06. The van der Waals surface area contributed by atoms with Gasteiger partial charge >= 0.3 is 6.18 Å². The molecule has 1 aromatic rings. The molecule has 0 amide bonds. The Balaban J connectivity index is 2.44. The topological polar surface area (TPSA) is 17.0 Å². The zero-order chi connectivity index (χ0) is 10.6. The summed E-state index contributed by atoms with van der Waals surface area (Å²) in [6.07, 6.45) is -1.46. The Hall–Kier alpha value is -0.970. The maximum Gasteiger partial charge on any atom is 0.390 e. The molecule has 1 N–H and O–H groups in total. The SMILES string of the molecule is CNCc1ccn(CCC(F)(F)F)c1. The molecule has 0 aliphatic carbocycles. The molecule has 1 heterocycles. The summed E-state index contributed by atoms with van der Waals surface area (Å²) in [6.45, 7) is 0.673.